The van der Waals surface area contributed by atoms with Crippen LogP contribution in [-0.4, -0.2) is 35.8 Å². The van der Waals surface area contributed by atoms with E-state index in [0.717, 1.165) is 19.3 Å². The number of nitrogens with one attached hydrogen (secondary N) is 1. The predicted molar refractivity (Wildman–Crippen MR) is 77.9 cm³/mol. The lowest BCUT2D eigenvalue weighted by atomic mass is 10.0. The fourth-order valence-electron chi connectivity index (χ4n) is 2.76. The predicted octanol–water partition coefficient (Wildman–Crippen LogP) is 2.37. The number of hydrogen-bond donors (Lipinski definition) is 1. The molecule has 0 aliphatic carbocycles. The first-order valence-corrected chi connectivity index (χ1v) is 8.45. The maximum absolute atomic E-state index is 12.8. The minimum Gasteiger partial charge on any atom is -0.345 e. The fourth-order valence-corrected chi connectivity index (χ4v) is 4.40. The first-order valence-electron chi connectivity index (χ1n) is 7.01. The van der Waals surface area contributed by atoms with Gasteiger partial charge in [0.05, 0.1) is 0 Å². The normalized spacial score (nSPS) is 21.9. The van der Waals surface area contributed by atoms with Crippen LogP contribution in [0.2, 0.25) is 0 Å². The lowest BCUT2D eigenvalue weighted by Gasteiger charge is -2.19. The van der Waals surface area contributed by atoms with Crippen molar-refractivity contribution in [2.75, 3.05) is 13.1 Å². The van der Waals surface area contributed by atoms with E-state index < -0.39 is 10.0 Å². The summed E-state index contributed by atoms with van der Waals surface area (Å²) in [5, 5.41) is 0.671. The van der Waals surface area contributed by atoms with Crippen molar-refractivity contribution in [3.8, 4) is 0 Å². The van der Waals surface area contributed by atoms with Crippen molar-refractivity contribution in [3.63, 3.8) is 0 Å². The maximum Gasteiger partial charge on any atom is 0.245 e. The number of hydrogen-bond acceptors (Lipinski definition) is 3. The standard InChI is InChI=1S/C14H19N3O2S/c1-11-4-3-8-17(9-6-11)20(18,19)13-10-16-14-12(13)5-2-7-15-14/h2,5,7,10-11H,3-4,6,8-9H2,1H3,(H,15,16)/t11-/m1/s1. The summed E-state index contributed by atoms with van der Waals surface area (Å²) >= 11 is 0. The molecule has 2 aromatic rings. The molecule has 0 radical (unpaired) electrons. The van der Waals surface area contributed by atoms with Crippen molar-refractivity contribution in [1.82, 2.24) is 14.3 Å². The molecule has 1 saturated heterocycles. The van der Waals surface area contributed by atoms with Crippen molar-refractivity contribution in [2.45, 2.75) is 31.1 Å². The van der Waals surface area contributed by atoms with Gasteiger partial charge in [-0.25, -0.2) is 13.4 Å². The van der Waals surface area contributed by atoms with Gasteiger partial charge < -0.3 is 4.98 Å². The molecule has 1 atom stereocenters. The van der Waals surface area contributed by atoms with E-state index in [1.165, 1.54) is 0 Å². The number of nitrogens with zero attached hydrogens (tertiary/aromatic N) is 2. The van der Waals surface area contributed by atoms with E-state index in [1.54, 1.807) is 28.8 Å². The minimum atomic E-state index is -3.43. The molecule has 1 fully saturated rings. The van der Waals surface area contributed by atoms with Crippen molar-refractivity contribution < 1.29 is 8.42 Å². The minimum absolute atomic E-state index is 0.343. The van der Waals surface area contributed by atoms with Gasteiger partial charge in [-0.3, -0.25) is 0 Å². The molecule has 5 nitrogen and oxygen atoms in total. The molecule has 1 aliphatic heterocycles. The van der Waals surface area contributed by atoms with E-state index in [4.69, 9.17) is 0 Å². The van der Waals surface area contributed by atoms with Gasteiger partial charge in [0.1, 0.15) is 10.5 Å². The number of pyridine rings is 1. The Balaban J connectivity index is 1.99. The van der Waals surface area contributed by atoms with Gasteiger partial charge in [-0.05, 0) is 37.3 Å². The van der Waals surface area contributed by atoms with Crippen molar-refractivity contribution >= 4 is 21.1 Å². The summed E-state index contributed by atoms with van der Waals surface area (Å²) in [5.74, 6) is 0.597. The molecular weight excluding hydrogens is 274 g/mol. The van der Waals surface area contributed by atoms with Gasteiger partial charge in [0, 0.05) is 30.9 Å². The molecule has 3 heterocycles. The van der Waals surface area contributed by atoms with E-state index in [0.29, 0.717) is 34.9 Å². The molecule has 0 amide bonds. The molecule has 0 aromatic carbocycles. The molecule has 1 aliphatic rings. The molecule has 108 valence electrons. The lowest BCUT2D eigenvalue weighted by molar-refractivity contribution is 0.417. The summed E-state index contributed by atoms with van der Waals surface area (Å²) in [6.07, 6.45) is 6.17. The molecular formula is C14H19N3O2S. The molecule has 0 saturated carbocycles. The molecule has 0 bridgehead atoms. The second-order valence-corrected chi connectivity index (χ2v) is 7.40. The number of H-pyrrole nitrogens is 1. The van der Waals surface area contributed by atoms with Crippen LogP contribution >= 0.6 is 0 Å². The number of sulfonamides is 1. The van der Waals surface area contributed by atoms with Crippen LogP contribution in [0.5, 0.6) is 0 Å². The van der Waals surface area contributed by atoms with Crippen LogP contribution in [0, 0.1) is 5.92 Å². The SMILES string of the molecule is C[C@@H]1CCCN(S(=O)(=O)c2c[nH]c3ncccc23)CC1. The van der Waals surface area contributed by atoms with Gasteiger partial charge in [-0.1, -0.05) is 6.92 Å². The number of fused-ring (bicyclic) bond motifs is 1. The number of rotatable bonds is 2. The van der Waals surface area contributed by atoms with E-state index in [-0.39, 0.29) is 0 Å². The smallest absolute Gasteiger partial charge is 0.245 e. The van der Waals surface area contributed by atoms with Gasteiger partial charge in [-0.15, -0.1) is 0 Å². The Bertz CT molecular complexity index is 708. The highest BCUT2D eigenvalue weighted by atomic mass is 32.2. The van der Waals surface area contributed by atoms with E-state index in [2.05, 4.69) is 16.9 Å². The first-order chi connectivity index (χ1) is 9.59. The van der Waals surface area contributed by atoms with Gasteiger partial charge in [-0.2, -0.15) is 4.31 Å². The highest BCUT2D eigenvalue weighted by Crippen LogP contribution is 2.27. The third-order valence-electron chi connectivity index (χ3n) is 4.01. The molecule has 2 aromatic heterocycles. The van der Waals surface area contributed by atoms with Gasteiger partial charge >= 0.3 is 0 Å². The van der Waals surface area contributed by atoms with E-state index in [1.807, 2.05) is 0 Å². The van der Waals surface area contributed by atoms with Gasteiger partial charge in [0.25, 0.3) is 0 Å². The Hall–Kier alpha value is -1.40. The lowest BCUT2D eigenvalue weighted by Crippen LogP contribution is -2.32. The Morgan fingerprint density at radius 3 is 3.05 bits per heavy atom. The summed E-state index contributed by atoms with van der Waals surface area (Å²) in [5.41, 5.74) is 0.620. The molecule has 1 N–H and O–H groups in total. The number of aromatic nitrogens is 2. The largest absolute Gasteiger partial charge is 0.345 e. The zero-order chi connectivity index (χ0) is 14.2. The van der Waals surface area contributed by atoms with Crippen LogP contribution in [0.4, 0.5) is 0 Å². The van der Waals surface area contributed by atoms with Crippen LogP contribution in [0.25, 0.3) is 11.0 Å². The Kier molecular flexibility index (Phi) is 3.52. The first kappa shape index (κ1) is 13.6. The summed E-state index contributed by atoms with van der Waals surface area (Å²) in [7, 11) is -3.43. The molecule has 3 rings (SSSR count). The maximum atomic E-state index is 12.8. The van der Waals surface area contributed by atoms with Crippen molar-refractivity contribution in [2.24, 2.45) is 5.92 Å². The van der Waals surface area contributed by atoms with Gasteiger partial charge in [0.15, 0.2) is 0 Å². The third-order valence-corrected chi connectivity index (χ3v) is 5.95. The van der Waals surface area contributed by atoms with Crippen LogP contribution < -0.4 is 0 Å². The third kappa shape index (κ3) is 2.33. The molecule has 0 spiro atoms. The van der Waals surface area contributed by atoms with E-state index in [9.17, 15) is 8.42 Å². The second kappa shape index (κ2) is 5.18. The summed E-state index contributed by atoms with van der Waals surface area (Å²) < 4.78 is 27.2. The Morgan fingerprint density at radius 2 is 2.20 bits per heavy atom. The zero-order valence-electron chi connectivity index (χ0n) is 11.5. The quantitative estimate of drug-likeness (QED) is 0.924. The van der Waals surface area contributed by atoms with Crippen LogP contribution in [-0.2, 0) is 10.0 Å². The number of aromatic amines is 1. The summed E-state index contributed by atoms with van der Waals surface area (Å²) in [6, 6.07) is 3.56. The van der Waals surface area contributed by atoms with Gasteiger partial charge in [0.2, 0.25) is 10.0 Å². The Morgan fingerprint density at radius 1 is 1.35 bits per heavy atom. The van der Waals surface area contributed by atoms with Crippen LogP contribution in [0.1, 0.15) is 26.2 Å². The molecule has 6 heteroatoms. The average molecular weight is 293 g/mol. The summed E-state index contributed by atoms with van der Waals surface area (Å²) in [6.45, 7) is 3.40. The van der Waals surface area contributed by atoms with Crippen LogP contribution in [0.3, 0.4) is 0 Å². The van der Waals surface area contributed by atoms with Crippen molar-refractivity contribution in [3.05, 3.63) is 24.5 Å². The molecule has 20 heavy (non-hydrogen) atoms. The zero-order valence-corrected chi connectivity index (χ0v) is 12.4. The molecule has 0 unspecified atom stereocenters. The van der Waals surface area contributed by atoms with Crippen molar-refractivity contribution in [1.29, 1.82) is 0 Å². The Labute approximate surface area is 119 Å². The monoisotopic (exact) mass is 293 g/mol. The highest BCUT2D eigenvalue weighted by Gasteiger charge is 2.28. The van der Waals surface area contributed by atoms with Crippen LogP contribution in [0.15, 0.2) is 29.4 Å². The van der Waals surface area contributed by atoms with E-state index >= 15 is 0 Å². The average Bonchev–Trinajstić information content (AvgIpc) is 2.75. The summed E-state index contributed by atoms with van der Waals surface area (Å²) in [4.78, 5) is 7.44. The topological polar surface area (TPSA) is 66.1 Å². The highest BCUT2D eigenvalue weighted by molar-refractivity contribution is 7.89. The second-order valence-electron chi connectivity index (χ2n) is 5.49. The fraction of sp³-hybridized carbons (Fsp3) is 0.500.